The number of halogens is 1. The van der Waals surface area contributed by atoms with Crippen LogP contribution in [0.15, 0.2) is 24.3 Å². The van der Waals surface area contributed by atoms with Gasteiger partial charge in [0, 0.05) is 16.7 Å². The van der Waals surface area contributed by atoms with Crippen LogP contribution in [0.3, 0.4) is 0 Å². The molecule has 1 amide bonds. The van der Waals surface area contributed by atoms with Crippen molar-refractivity contribution in [1.82, 2.24) is 5.32 Å². The maximum atomic E-state index is 12.0. The quantitative estimate of drug-likeness (QED) is 0.623. The van der Waals surface area contributed by atoms with Crippen LogP contribution in [-0.2, 0) is 9.47 Å². The van der Waals surface area contributed by atoms with Gasteiger partial charge in [-0.15, -0.1) is 0 Å². The first kappa shape index (κ1) is 19.2. The van der Waals surface area contributed by atoms with E-state index < -0.39 is 0 Å². The highest BCUT2D eigenvalue weighted by Crippen LogP contribution is 2.29. The number of carbonyl (C=O) groups is 1. The number of nitrogens with one attached hydrogen (secondary N) is 1. The van der Waals surface area contributed by atoms with Gasteiger partial charge in [-0.2, -0.15) is 0 Å². The summed E-state index contributed by atoms with van der Waals surface area (Å²) >= 11 is 2.29. The third-order valence-corrected chi connectivity index (χ3v) is 4.29. The van der Waals surface area contributed by atoms with E-state index in [0.717, 1.165) is 28.4 Å². The van der Waals surface area contributed by atoms with Crippen LogP contribution < -0.4 is 5.32 Å². The van der Waals surface area contributed by atoms with Crippen molar-refractivity contribution in [1.29, 1.82) is 0 Å². The molecule has 0 heterocycles. The molecule has 0 aliphatic rings. The zero-order chi connectivity index (χ0) is 16.5. The summed E-state index contributed by atoms with van der Waals surface area (Å²) in [5.41, 5.74) is 1.06. The average molecular weight is 419 g/mol. The summed E-state index contributed by atoms with van der Waals surface area (Å²) in [5.74, 6) is 0. The van der Waals surface area contributed by atoms with Crippen molar-refractivity contribution in [3.05, 3.63) is 33.4 Å². The summed E-state index contributed by atoms with van der Waals surface area (Å²) in [6.45, 7) is 5.95. The number of methoxy groups -OCH3 is 1. The van der Waals surface area contributed by atoms with Gasteiger partial charge < -0.3 is 14.8 Å². The molecular weight excluding hydrogens is 393 g/mol. The Kier molecular flexibility index (Phi) is 8.78. The van der Waals surface area contributed by atoms with Crippen molar-refractivity contribution in [2.75, 3.05) is 7.11 Å². The minimum Gasteiger partial charge on any atom is -0.443 e. The second kappa shape index (κ2) is 10.0. The van der Waals surface area contributed by atoms with Gasteiger partial charge in [-0.05, 0) is 60.9 Å². The van der Waals surface area contributed by atoms with Crippen molar-refractivity contribution in [3.63, 3.8) is 0 Å². The van der Waals surface area contributed by atoms with Gasteiger partial charge in [0.2, 0.25) is 0 Å². The van der Waals surface area contributed by atoms with E-state index in [4.69, 9.17) is 9.47 Å². The van der Waals surface area contributed by atoms with Gasteiger partial charge in [0.1, 0.15) is 12.2 Å². The molecule has 0 bridgehead atoms. The Morgan fingerprint density at radius 1 is 1.32 bits per heavy atom. The fraction of sp³-hybridized carbons (Fsp3) is 0.588. The monoisotopic (exact) mass is 419 g/mol. The normalized spacial score (nSPS) is 13.7. The molecule has 1 N–H and O–H groups in total. The second-order valence-corrected chi connectivity index (χ2v) is 6.73. The highest BCUT2D eigenvalue weighted by atomic mass is 127. The summed E-state index contributed by atoms with van der Waals surface area (Å²) in [5, 5.41) is 2.78. The van der Waals surface area contributed by atoms with Crippen molar-refractivity contribution in [2.45, 2.75) is 58.3 Å². The number of hydrogen-bond donors (Lipinski definition) is 1. The first-order valence-electron chi connectivity index (χ1n) is 7.73. The minimum atomic E-state index is -0.385. The van der Waals surface area contributed by atoms with Gasteiger partial charge in [-0.1, -0.05) is 31.5 Å². The molecule has 0 saturated carbocycles. The summed E-state index contributed by atoms with van der Waals surface area (Å²) < 4.78 is 12.4. The third-order valence-electron chi connectivity index (χ3n) is 3.31. The first-order valence-corrected chi connectivity index (χ1v) is 8.81. The number of rotatable bonds is 8. The molecule has 2 atom stereocenters. The summed E-state index contributed by atoms with van der Waals surface area (Å²) in [6, 6.07) is 8.09. The van der Waals surface area contributed by atoms with Crippen LogP contribution in [0.5, 0.6) is 0 Å². The zero-order valence-corrected chi connectivity index (χ0v) is 15.9. The molecule has 0 radical (unpaired) electrons. The number of ether oxygens (including phenoxy) is 2. The molecule has 0 fully saturated rings. The third kappa shape index (κ3) is 6.12. The fourth-order valence-electron chi connectivity index (χ4n) is 2.27. The van der Waals surface area contributed by atoms with E-state index in [0.29, 0.717) is 0 Å². The van der Waals surface area contributed by atoms with Crippen molar-refractivity contribution in [2.24, 2.45) is 0 Å². The molecule has 5 heteroatoms. The molecule has 0 aromatic heterocycles. The van der Waals surface area contributed by atoms with E-state index in [1.807, 2.05) is 38.1 Å². The van der Waals surface area contributed by atoms with Crippen molar-refractivity contribution >= 4 is 28.7 Å². The fourth-order valence-corrected chi connectivity index (χ4v) is 2.96. The van der Waals surface area contributed by atoms with E-state index in [1.54, 1.807) is 7.11 Å². The number of unbranched alkanes of at least 4 members (excludes halogenated alkanes) is 1. The Morgan fingerprint density at radius 3 is 2.55 bits per heavy atom. The van der Waals surface area contributed by atoms with E-state index in [-0.39, 0.29) is 24.3 Å². The lowest BCUT2D eigenvalue weighted by molar-refractivity contribution is -0.0292. The molecule has 4 nitrogen and oxygen atoms in total. The maximum absolute atomic E-state index is 12.0. The largest absolute Gasteiger partial charge is 0.443 e. The predicted octanol–water partition coefficient (Wildman–Crippen LogP) is 4.67. The lowest BCUT2D eigenvalue weighted by Gasteiger charge is -2.27. The smallest absolute Gasteiger partial charge is 0.407 e. The Bertz CT molecular complexity index is 465. The van der Waals surface area contributed by atoms with E-state index in [9.17, 15) is 4.79 Å². The summed E-state index contributed by atoms with van der Waals surface area (Å²) in [6.07, 6.45) is 1.89. The Balaban J connectivity index is 2.92. The number of carbonyl (C=O) groups excluding carboxylic acids is 1. The van der Waals surface area contributed by atoms with Crippen LogP contribution in [0, 0.1) is 3.57 Å². The SMILES string of the molecule is CCCC[C@H](OC(=O)NC(C)C)[C@@H](OC)c1ccccc1I. The Labute approximate surface area is 147 Å². The van der Waals surface area contributed by atoms with Gasteiger partial charge in [-0.25, -0.2) is 4.79 Å². The standard InChI is InChI=1S/C17H26INO3/c1-5-6-11-15(22-17(20)19-12(2)3)16(21-4)13-9-7-8-10-14(13)18/h7-10,12,15-16H,5-6,11H2,1-4H3,(H,19,20)/t15-,16-/m0/s1. The molecule has 124 valence electrons. The molecule has 1 aromatic carbocycles. The second-order valence-electron chi connectivity index (χ2n) is 5.56. The first-order chi connectivity index (χ1) is 10.5. The number of benzene rings is 1. The molecule has 1 aromatic rings. The molecule has 0 aliphatic heterocycles. The summed E-state index contributed by atoms with van der Waals surface area (Å²) in [7, 11) is 1.66. The van der Waals surface area contributed by atoms with E-state index in [1.165, 1.54) is 0 Å². The van der Waals surface area contributed by atoms with Crippen LogP contribution in [0.1, 0.15) is 51.7 Å². The topological polar surface area (TPSA) is 47.6 Å². The van der Waals surface area contributed by atoms with Crippen molar-refractivity contribution < 1.29 is 14.3 Å². The van der Waals surface area contributed by atoms with E-state index >= 15 is 0 Å². The van der Waals surface area contributed by atoms with Crippen LogP contribution in [0.2, 0.25) is 0 Å². The highest BCUT2D eigenvalue weighted by molar-refractivity contribution is 14.1. The van der Waals surface area contributed by atoms with Gasteiger partial charge in [0.25, 0.3) is 0 Å². The van der Waals surface area contributed by atoms with Crippen molar-refractivity contribution in [3.8, 4) is 0 Å². The lowest BCUT2D eigenvalue weighted by Crippen LogP contribution is -2.36. The highest BCUT2D eigenvalue weighted by Gasteiger charge is 2.28. The van der Waals surface area contributed by atoms with Crippen LogP contribution in [0.4, 0.5) is 4.79 Å². The molecular formula is C17H26INO3. The van der Waals surface area contributed by atoms with Crippen LogP contribution >= 0.6 is 22.6 Å². The van der Waals surface area contributed by atoms with Gasteiger partial charge in [-0.3, -0.25) is 0 Å². The molecule has 22 heavy (non-hydrogen) atoms. The Morgan fingerprint density at radius 2 is 2.00 bits per heavy atom. The number of alkyl carbamates (subject to hydrolysis) is 1. The van der Waals surface area contributed by atoms with Gasteiger partial charge >= 0.3 is 6.09 Å². The lowest BCUT2D eigenvalue weighted by atomic mass is 10.00. The summed E-state index contributed by atoms with van der Waals surface area (Å²) in [4.78, 5) is 12.0. The van der Waals surface area contributed by atoms with Crippen LogP contribution in [0.25, 0.3) is 0 Å². The zero-order valence-electron chi connectivity index (χ0n) is 13.8. The average Bonchev–Trinajstić information content (AvgIpc) is 2.46. The number of amides is 1. The van der Waals surface area contributed by atoms with Crippen LogP contribution in [-0.4, -0.2) is 25.3 Å². The molecule has 0 saturated heterocycles. The number of hydrogen-bond acceptors (Lipinski definition) is 3. The Hall–Kier alpha value is -0.820. The minimum absolute atomic E-state index is 0.0529. The molecule has 1 rings (SSSR count). The van der Waals surface area contributed by atoms with Gasteiger partial charge in [0.05, 0.1) is 0 Å². The predicted molar refractivity (Wildman–Crippen MR) is 97.0 cm³/mol. The molecule has 0 aliphatic carbocycles. The van der Waals surface area contributed by atoms with E-state index in [2.05, 4.69) is 34.8 Å². The maximum Gasteiger partial charge on any atom is 0.407 e. The molecule has 0 spiro atoms. The molecule has 0 unspecified atom stereocenters. The van der Waals surface area contributed by atoms with Gasteiger partial charge in [0.15, 0.2) is 0 Å².